The molecule has 0 unspecified atom stereocenters. The number of allylic oxidation sites excluding steroid dienone is 1. The normalized spacial score (nSPS) is 11.8. The van der Waals surface area contributed by atoms with Crippen LogP contribution in [0.1, 0.15) is 6.92 Å². The number of nitrogens with zero attached hydrogens (tertiary/aromatic N) is 1. The number of alkyl halides is 2. The SMILES string of the molecule is C=CN=C(C(=C)C)C(F)F. The first-order valence-corrected chi connectivity index (χ1v) is 2.72. The molecule has 0 radical (unpaired) electrons. The van der Waals surface area contributed by atoms with Gasteiger partial charge in [0.05, 0.1) is 0 Å². The highest BCUT2D eigenvalue weighted by Crippen LogP contribution is 2.04. The predicted molar refractivity (Wildman–Crippen MR) is 38.5 cm³/mol. The van der Waals surface area contributed by atoms with E-state index in [0.29, 0.717) is 0 Å². The molecule has 0 N–H and O–H groups in total. The van der Waals surface area contributed by atoms with Crippen LogP contribution in [-0.4, -0.2) is 12.1 Å². The standard InChI is InChI=1S/C7H9F2N/c1-4-10-6(5(2)3)7(8)9/h4,7H,1-2H2,3H3. The first kappa shape index (κ1) is 9.01. The van der Waals surface area contributed by atoms with Gasteiger partial charge in [0.15, 0.2) is 0 Å². The van der Waals surface area contributed by atoms with Gasteiger partial charge >= 0.3 is 0 Å². The van der Waals surface area contributed by atoms with Crippen LogP contribution in [0.3, 0.4) is 0 Å². The molecule has 0 aromatic carbocycles. The Hall–Kier alpha value is -0.990. The van der Waals surface area contributed by atoms with Gasteiger partial charge in [-0.05, 0) is 12.5 Å². The van der Waals surface area contributed by atoms with Crippen molar-refractivity contribution in [1.29, 1.82) is 0 Å². The zero-order chi connectivity index (χ0) is 8.15. The molecule has 0 saturated carbocycles. The van der Waals surface area contributed by atoms with E-state index in [1.54, 1.807) is 0 Å². The van der Waals surface area contributed by atoms with Crippen molar-refractivity contribution < 1.29 is 8.78 Å². The summed E-state index contributed by atoms with van der Waals surface area (Å²) in [4.78, 5) is 3.35. The first-order valence-electron chi connectivity index (χ1n) is 2.72. The van der Waals surface area contributed by atoms with Crippen molar-refractivity contribution in [3.8, 4) is 0 Å². The van der Waals surface area contributed by atoms with Crippen molar-refractivity contribution >= 4 is 5.71 Å². The summed E-state index contributed by atoms with van der Waals surface area (Å²) in [5.41, 5.74) is -0.0232. The molecule has 0 atom stereocenters. The van der Waals surface area contributed by atoms with Gasteiger partial charge in [0.1, 0.15) is 5.71 Å². The predicted octanol–water partition coefficient (Wildman–Crippen LogP) is 2.41. The number of halogens is 2. The lowest BCUT2D eigenvalue weighted by Crippen LogP contribution is -2.10. The fraction of sp³-hybridized carbons (Fsp3) is 0.286. The van der Waals surface area contributed by atoms with Crippen molar-refractivity contribution in [3.05, 3.63) is 24.9 Å². The monoisotopic (exact) mass is 145 g/mol. The summed E-state index contributed by atoms with van der Waals surface area (Å²) in [5, 5.41) is 0. The van der Waals surface area contributed by atoms with E-state index in [1.165, 1.54) is 6.92 Å². The van der Waals surface area contributed by atoms with Crippen molar-refractivity contribution in [2.45, 2.75) is 13.3 Å². The van der Waals surface area contributed by atoms with Crippen LogP contribution in [0.5, 0.6) is 0 Å². The summed E-state index contributed by atoms with van der Waals surface area (Å²) in [5.74, 6) is 0. The molecular weight excluding hydrogens is 136 g/mol. The van der Waals surface area contributed by atoms with Gasteiger partial charge in [-0.3, -0.25) is 4.99 Å². The third-order valence-corrected chi connectivity index (χ3v) is 0.874. The van der Waals surface area contributed by atoms with Crippen molar-refractivity contribution in [2.75, 3.05) is 0 Å². The van der Waals surface area contributed by atoms with Gasteiger partial charge in [0.2, 0.25) is 0 Å². The van der Waals surface area contributed by atoms with E-state index in [2.05, 4.69) is 18.2 Å². The third-order valence-electron chi connectivity index (χ3n) is 0.874. The second-order valence-electron chi connectivity index (χ2n) is 1.78. The van der Waals surface area contributed by atoms with Gasteiger partial charge < -0.3 is 0 Å². The molecule has 0 spiro atoms. The third kappa shape index (κ3) is 2.53. The smallest absolute Gasteiger partial charge is 0.256 e. The summed E-state index contributed by atoms with van der Waals surface area (Å²) in [7, 11) is 0. The largest absolute Gasteiger partial charge is 0.280 e. The molecule has 1 nitrogen and oxygen atoms in total. The molecule has 0 fully saturated rings. The Morgan fingerprint density at radius 1 is 1.60 bits per heavy atom. The Kier molecular flexibility index (Phi) is 3.54. The zero-order valence-corrected chi connectivity index (χ0v) is 5.77. The Labute approximate surface area is 58.8 Å². The number of hydrogen-bond donors (Lipinski definition) is 0. The van der Waals surface area contributed by atoms with E-state index in [4.69, 9.17) is 0 Å². The van der Waals surface area contributed by atoms with Crippen LogP contribution in [0.25, 0.3) is 0 Å². The van der Waals surface area contributed by atoms with E-state index in [9.17, 15) is 8.78 Å². The molecule has 56 valence electrons. The summed E-state index contributed by atoms with van der Waals surface area (Å²) in [6, 6.07) is 0. The molecule has 0 saturated heterocycles. The minimum Gasteiger partial charge on any atom is -0.256 e. The van der Waals surface area contributed by atoms with Crippen molar-refractivity contribution in [2.24, 2.45) is 4.99 Å². The number of hydrogen-bond acceptors (Lipinski definition) is 1. The molecule has 0 rings (SSSR count). The van der Waals surface area contributed by atoms with Crippen molar-refractivity contribution in [1.82, 2.24) is 0 Å². The molecule has 0 aliphatic carbocycles. The van der Waals surface area contributed by atoms with Crippen LogP contribution in [0.2, 0.25) is 0 Å². The molecule has 0 bridgehead atoms. The quantitative estimate of drug-likeness (QED) is 0.541. The van der Waals surface area contributed by atoms with Crippen molar-refractivity contribution in [3.63, 3.8) is 0 Å². The summed E-state index contributed by atoms with van der Waals surface area (Å²) in [6.07, 6.45) is -1.48. The highest BCUT2D eigenvalue weighted by atomic mass is 19.3. The molecule has 0 aliphatic rings. The highest BCUT2D eigenvalue weighted by Gasteiger charge is 2.11. The molecule has 3 heteroatoms. The molecule has 0 aromatic heterocycles. The Morgan fingerprint density at radius 3 is 2.20 bits per heavy atom. The molecule has 0 aliphatic heterocycles. The van der Waals surface area contributed by atoms with E-state index >= 15 is 0 Å². The minimum absolute atomic E-state index is 0.273. The van der Waals surface area contributed by atoms with Gasteiger partial charge in [-0.15, -0.1) is 0 Å². The van der Waals surface area contributed by atoms with E-state index in [-0.39, 0.29) is 11.3 Å². The zero-order valence-electron chi connectivity index (χ0n) is 5.77. The van der Waals surface area contributed by atoms with E-state index in [0.717, 1.165) is 6.20 Å². The molecule has 0 heterocycles. The van der Waals surface area contributed by atoms with Crippen LogP contribution in [0.4, 0.5) is 8.78 Å². The molecule has 0 amide bonds. The Bertz CT molecular complexity index is 170. The summed E-state index contributed by atoms with van der Waals surface area (Å²) in [6.45, 7) is 8.02. The number of rotatable bonds is 3. The molecular formula is C7H9F2N. The van der Waals surface area contributed by atoms with Crippen LogP contribution >= 0.6 is 0 Å². The fourth-order valence-electron chi connectivity index (χ4n) is 0.451. The molecule has 10 heavy (non-hydrogen) atoms. The molecule has 0 aromatic rings. The van der Waals surface area contributed by atoms with E-state index < -0.39 is 6.43 Å². The Balaban J connectivity index is 4.41. The summed E-state index contributed by atoms with van der Waals surface area (Å²) < 4.78 is 23.8. The van der Waals surface area contributed by atoms with Gasteiger partial charge in [-0.25, -0.2) is 8.78 Å². The Morgan fingerprint density at radius 2 is 2.10 bits per heavy atom. The maximum atomic E-state index is 11.9. The van der Waals surface area contributed by atoms with Gasteiger partial charge in [0, 0.05) is 6.20 Å². The second kappa shape index (κ2) is 3.93. The van der Waals surface area contributed by atoms with Crippen LogP contribution in [-0.2, 0) is 0 Å². The minimum atomic E-state index is -2.56. The highest BCUT2D eigenvalue weighted by molar-refractivity contribution is 6.01. The van der Waals surface area contributed by atoms with Gasteiger partial charge in [-0.2, -0.15) is 0 Å². The fourth-order valence-corrected chi connectivity index (χ4v) is 0.451. The average Bonchev–Trinajstić information content (AvgIpc) is 1.81. The summed E-state index contributed by atoms with van der Waals surface area (Å²) >= 11 is 0. The maximum Gasteiger partial charge on any atom is 0.280 e. The van der Waals surface area contributed by atoms with Gasteiger partial charge in [0.25, 0.3) is 6.43 Å². The van der Waals surface area contributed by atoms with Crippen LogP contribution in [0.15, 0.2) is 29.9 Å². The first-order chi connectivity index (χ1) is 4.59. The maximum absolute atomic E-state index is 11.9. The van der Waals surface area contributed by atoms with E-state index in [1.807, 2.05) is 0 Å². The lowest BCUT2D eigenvalue weighted by molar-refractivity contribution is 0.226. The van der Waals surface area contributed by atoms with Crippen LogP contribution < -0.4 is 0 Å². The van der Waals surface area contributed by atoms with Gasteiger partial charge in [-0.1, -0.05) is 13.2 Å². The number of aliphatic imine (C=N–C) groups is 1. The van der Waals surface area contributed by atoms with Crippen LogP contribution in [0, 0.1) is 0 Å². The lowest BCUT2D eigenvalue weighted by atomic mass is 10.2. The topological polar surface area (TPSA) is 12.4 Å². The average molecular weight is 145 g/mol. The lowest BCUT2D eigenvalue weighted by Gasteiger charge is -2.00. The second-order valence-corrected chi connectivity index (χ2v) is 1.78.